The lowest BCUT2D eigenvalue weighted by Gasteiger charge is -2.29. The molecular weight excluding hydrogens is 1200 g/mol. The summed E-state index contributed by atoms with van der Waals surface area (Å²) in [7, 11) is -12.9. The summed E-state index contributed by atoms with van der Waals surface area (Å²) >= 11 is 0. The van der Waals surface area contributed by atoms with Crippen LogP contribution >= 0.6 is 0 Å². The molecule has 0 radical (unpaired) electrons. The minimum absolute atomic E-state index is 0.0372. The van der Waals surface area contributed by atoms with Crippen molar-refractivity contribution in [2.24, 2.45) is 10.3 Å². The van der Waals surface area contributed by atoms with E-state index in [9.17, 15) is 55.0 Å². The predicted molar refractivity (Wildman–Crippen MR) is 347 cm³/mol. The van der Waals surface area contributed by atoms with Crippen LogP contribution in [-0.2, 0) is 29.9 Å². The monoisotopic (exact) mass is 1280 g/mol. The first-order chi connectivity index (χ1) is 42.5. The first-order valence-corrected chi connectivity index (χ1v) is 35.4. The van der Waals surface area contributed by atoms with Crippen molar-refractivity contribution < 1.29 is 69.2 Å². The highest BCUT2D eigenvalue weighted by atomic mass is 32.2. The number of nitrogens with zero attached hydrogens (tertiary/aromatic N) is 3. The topological polar surface area (TPSA) is 304 Å². The Morgan fingerprint density at radius 1 is 0.371 bits per heavy atom. The molecule has 0 saturated carbocycles. The van der Waals surface area contributed by atoms with E-state index in [1.807, 2.05) is 27.7 Å². The lowest BCUT2D eigenvalue weighted by molar-refractivity contribution is 0.0685. The van der Waals surface area contributed by atoms with E-state index in [2.05, 4.69) is 6.92 Å². The highest BCUT2D eigenvalue weighted by Gasteiger charge is 2.30. The first kappa shape index (κ1) is 70.4. The molecule has 0 saturated heterocycles. The number of hydrogen-bond donors (Lipinski definition) is 5. The summed E-state index contributed by atoms with van der Waals surface area (Å²) < 4.78 is 97.7. The van der Waals surface area contributed by atoms with Crippen molar-refractivity contribution in [3.05, 3.63) is 144 Å². The molecule has 0 bridgehead atoms. The molecule has 0 aliphatic carbocycles. The van der Waals surface area contributed by atoms with E-state index in [1.165, 1.54) is 18.2 Å². The van der Waals surface area contributed by atoms with Crippen LogP contribution in [0.2, 0.25) is 0 Å². The summed E-state index contributed by atoms with van der Waals surface area (Å²) in [5.74, 6) is -2.87. The van der Waals surface area contributed by atoms with Crippen LogP contribution < -0.4 is 39.2 Å². The molecule has 89 heavy (non-hydrogen) atoms. The number of hydrogen-bond acceptors (Lipinski definition) is 15. The number of carboxylic acid groups (broad SMARTS) is 3. The van der Waals surface area contributed by atoms with Crippen molar-refractivity contribution in [1.82, 2.24) is 0 Å². The fourth-order valence-electron chi connectivity index (χ4n) is 10.4. The van der Waals surface area contributed by atoms with Crippen LogP contribution in [0.15, 0.2) is 142 Å². The molecule has 482 valence electrons. The Hall–Kier alpha value is -7.70. The smallest absolute Gasteiger partial charge is 0.335 e. The van der Waals surface area contributed by atoms with E-state index in [0.29, 0.717) is 93.6 Å². The lowest BCUT2D eigenvalue weighted by Crippen LogP contribution is -2.27. The maximum atomic E-state index is 13.3. The Bertz CT molecular complexity index is 3630. The number of anilines is 3. The van der Waals surface area contributed by atoms with Crippen LogP contribution in [0.25, 0.3) is 0 Å². The number of sulfonamides is 2. The maximum absolute atomic E-state index is 13.3. The molecule has 6 aromatic rings. The number of aromatic carboxylic acids is 3. The van der Waals surface area contributed by atoms with Gasteiger partial charge in [-0.05, 0) is 111 Å². The van der Waals surface area contributed by atoms with E-state index in [4.69, 9.17) is 24.5 Å². The molecule has 7 N–H and O–H groups in total. The van der Waals surface area contributed by atoms with Crippen molar-refractivity contribution >= 4 is 64.9 Å². The zero-order valence-corrected chi connectivity index (χ0v) is 53.5. The van der Waals surface area contributed by atoms with Crippen molar-refractivity contribution in [2.45, 2.75) is 144 Å². The Kier molecular flexibility index (Phi) is 27.1. The largest absolute Gasteiger partial charge is 0.478 e. The van der Waals surface area contributed by atoms with Gasteiger partial charge in [-0.1, -0.05) is 145 Å². The van der Waals surface area contributed by atoms with Crippen LogP contribution in [0.1, 0.15) is 160 Å². The van der Waals surface area contributed by atoms with Crippen molar-refractivity contribution in [3.8, 4) is 34.5 Å². The summed E-state index contributed by atoms with van der Waals surface area (Å²) in [5.41, 5.74) is 0.304. The van der Waals surface area contributed by atoms with Crippen LogP contribution in [0, 0.1) is 0 Å². The average Bonchev–Trinajstić information content (AvgIpc) is 0.883. The number of unbranched alkanes of at least 4 members (excludes halogenated alkanes) is 14. The summed E-state index contributed by atoms with van der Waals surface area (Å²) in [4.78, 5) is 42.2. The van der Waals surface area contributed by atoms with Gasteiger partial charge in [-0.2, -0.15) is 0 Å². The summed E-state index contributed by atoms with van der Waals surface area (Å²) in [6.07, 6.45) is 15.4. The molecule has 6 rings (SSSR count). The van der Waals surface area contributed by atoms with Gasteiger partial charge in [-0.3, -0.25) is 0 Å². The van der Waals surface area contributed by atoms with E-state index < -0.39 is 57.6 Å². The van der Waals surface area contributed by atoms with Crippen molar-refractivity contribution in [2.75, 3.05) is 60.2 Å². The van der Waals surface area contributed by atoms with Gasteiger partial charge in [-0.15, -0.1) is 0 Å². The molecular formula is C66H85N5O15S3. The first-order valence-electron chi connectivity index (χ1n) is 30.4. The number of ether oxygens (including phenoxy) is 3. The number of carboxylic acids is 3. The standard InChI is InChI=1S/C66H85N5O15S3/c1-4-6-26-38-70(56-44-50(65(74)75)47-59(88(67,80)81)62(56)85-53-33-22-18-23-34-53)40-28-13-9-8-10-14-29-41-71(57-45-51(66(76)77)48-60(89(68,82)83)63(57)86-54-35-24-19-25-36-54)42-30-16-12-11-15-27-39-69(37-7-5-2)55-43-49(64(72)73)46-58(87(3,78)79)61(55)84-52-31-20-17-21-32-52/h17-25,31-36,43-48H,4-16,26-30,37-42H2,1-3H3,(H,72,73)(H,74,75)(H,76,77)(H2,67,80,81)(H2,68,82,83). The third-order valence-electron chi connectivity index (χ3n) is 15.0. The van der Waals surface area contributed by atoms with E-state index in [0.717, 1.165) is 114 Å². The van der Waals surface area contributed by atoms with Gasteiger partial charge in [0, 0.05) is 45.5 Å². The minimum atomic E-state index is -4.50. The SMILES string of the molecule is CCCCCN(CCCCCCCCCN(CCCCCCCCN(CCCC)c1cc(C(=O)O)cc(S(C)(=O)=O)c1Oc1ccccc1)c1cc(C(=O)O)cc(S(N)(=O)=O)c1Oc1ccccc1)c1cc(C(=O)O)cc(S(N)(=O)=O)c1Oc1ccccc1. The number of carbonyl (C=O) groups is 3. The zero-order valence-electron chi connectivity index (χ0n) is 51.1. The predicted octanol–water partition coefficient (Wildman–Crippen LogP) is 13.7. The van der Waals surface area contributed by atoms with Gasteiger partial charge in [0.05, 0.1) is 33.8 Å². The zero-order chi connectivity index (χ0) is 64.6. The third kappa shape index (κ3) is 21.8. The minimum Gasteiger partial charge on any atom is -0.478 e. The second-order valence-corrected chi connectivity index (χ2v) is 27.2. The van der Waals surface area contributed by atoms with Gasteiger partial charge in [0.15, 0.2) is 27.1 Å². The van der Waals surface area contributed by atoms with Gasteiger partial charge >= 0.3 is 17.9 Å². The van der Waals surface area contributed by atoms with Gasteiger partial charge in [0.25, 0.3) is 0 Å². The highest BCUT2D eigenvalue weighted by Crippen LogP contribution is 2.43. The molecule has 0 aliphatic heterocycles. The van der Waals surface area contributed by atoms with Gasteiger partial charge in [0.1, 0.15) is 31.9 Å². The second kappa shape index (κ2) is 34.3. The fourth-order valence-corrected chi connectivity index (χ4v) is 12.6. The Morgan fingerprint density at radius 2 is 0.618 bits per heavy atom. The summed E-state index contributed by atoms with van der Waals surface area (Å²) in [6.45, 7) is 7.02. The Balaban J connectivity index is 1.13. The molecule has 23 heteroatoms. The maximum Gasteiger partial charge on any atom is 0.335 e. The number of sulfone groups is 1. The van der Waals surface area contributed by atoms with Crippen LogP contribution in [0.4, 0.5) is 17.1 Å². The number of para-hydroxylation sites is 3. The molecule has 0 fully saturated rings. The van der Waals surface area contributed by atoms with Crippen LogP contribution in [0.5, 0.6) is 34.5 Å². The van der Waals surface area contributed by atoms with E-state index in [1.54, 1.807) is 84.9 Å². The Labute approximate surface area is 524 Å². The van der Waals surface area contributed by atoms with Crippen LogP contribution in [-0.4, -0.2) is 104 Å². The number of nitrogens with two attached hydrogens (primary N) is 2. The molecule has 0 spiro atoms. The van der Waals surface area contributed by atoms with Gasteiger partial charge < -0.3 is 44.2 Å². The normalized spacial score (nSPS) is 11.7. The van der Waals surface area contributed by atoms with Gasteiger partial charge in [0.2, 0.25) is 20.0 Å². The molecule has 20 nitrogen and oxygen atoms in total. The molecule has 0 aliphatic rings. The summed E-state index contributed by atoms with van der Waals surface area (Å²) in [6, 6.07) is 33.5. The molecule has 0 unspecified atom stereocenters. The highest BCUT2D eigenvalue weighted by molar-refractivity contribution is 7.91. The molecule has 0 heterocycles. The quantitative estimate of drug-likeness (QED) is 0.0223. The fraction of sp³-hybridized carbons (Fsp3) is 0.409. The number of primary sulfonamides is 2. The molecule has 0 amide bonds. The number of rotatable bonds is 41. The van der Waals surface area contributed by atoms with Crippen molar-refractivity contribution in [3.63, 3.8) is 0 Å². The van der Waals surface area contributed by atoms with Crippen LogP contribution in [0.3, 0.4) is 0 Å². The third-order valence-corrected chi connectivity index (χ3v) is 18.0. The summed E-state index contributed by atoms with van der Waals surface area (Å²) in [5, 5.41) is 41.9. The van der Waals surface area contributed by atoms with E-state index in [-0.39, 0.29) is 44.5 Å². The second-order valence-electron chi connectivity index (χ2n) is 22.1. The van der Waals surface area contributed by atoms with E-state index >= 15 is 0 Å². The molecule has 0 aromatic heterocycles. The number of benzene rings is 6. The van der Waals surface area contributed by atoms with Gasteiger partial charge in [-0.25, -0.2) is 49.9 Å². The Morgan fingerprint density at radius 3 is 0.876 bits per heavy atom. The lowest BCUT2D eigenvalue weighted by atomic mass is 10.1. The average molecular weight is 1280 g/mol. The van der Waals surface area contributed by atoms with Crippen molar-refractivity contribution in [1.29, 1.82) is 0 Å². The molecule has 0 atom stereocenters. The molecule has 6 aromatic carbocycles.